The van der Waals surface area contributed by atoms with Gasteiger partial charge in [0.25, 0.3) is 0 Å². The van der Waals surface area contributed by atoms with Crippen molar-refractivity contribution < 1.29 is 19.1 Å². The Labute approximate surface area is 124 Å². The number of rotatable bonds is 1. The van der Waals surface area contributed by atoms with E-state index in [0.717, 1.165) is 11.3 Å². The molecule has 0 bridgehead atoms. The van der Waals surface area contributed by atoms with Gasteiger partial charge >= 0.3 is 12.1 Å². The van der Waals surface area contributed by atoms with Gasteiger partial charge in [-0.25, -0.2) is 9.59 Å². The van der Waals surface area contributed by atoms with E-state index in [1.54, 1.807) is 17.0 Å². The van der Waals surface area contributed by atoms with Gasteiger partial charge in [-0.05, 0) is 38.5 Å². The van der Waals surface area contributed by atoms with Crippen molar-refractivity contribution in [1.82, 2.24) is 0 Å². The highest BCUT2D eigenvalue weighted by atomic mass is 16.6. The Bertz CT molecular complexity index is 574. The van der Waals surface area contributed by atoms with Crippen molar-refractivity contribution in [2.45, 2.75) is 39.2 Å². The third-order valence-electron chi connectivity index (χ3n) is 3.34. The van der Waals surface area contributed by atoms with E-state index in [0.29, 0.717) is 12.1 Å². The second-order valence-corrected chi connectivity index (χ2v) is 6.26. The summed E-state index contributed by atoms with van der Waals surface area (Å²) in [5.41, 5.74) is 1.63. The average Bonchev–Trinajstić information content (AvgIpc) is 2.73. The summed E-state index contributed by atoms with van der Waals surface area (Å²) in [6.45, 7) is 8.08. The minimum atomic E-state index is -0.553. The zero-order valence-corrected chi connectivity index (χ0v) is 13.1. The fourth-order valence-electron chi connectivity index (χ4n) is 2.40. The lowest BCUT2D eigenvalue weighted by Gasteiger charge is -2.25. The standard InChI is InChI=1S/C16H21NO4/c1-10-9-17(15(19)21-16(2,3)4)13-8-11(14(18)20-5)6-7-12(10)13/h6-8,10H,9H2,1-5H3. The molecule has 5 nitrogen and oxygen atoms in total. The van der Waals surface area contributed by atoms with E-state index in [-0.39, 0.29) is 5.92 Å². The Morgan fingerprint density at radius 3 is 2.52 bits per heavy atom. The van der Waals surface area contributed by atoms with Gasteiger partial charge in [-0.1, -0.05) is 13.0 Å². The van der Waals surface area contributed by atoms with Crippen LogP contribution in [-0.4, -0.2) is 31.3 Å². The quantitative estimate of drug-likeness (QED) is 0.745. The van der Waals surface area contributed by atoms with Crippen molar-refractivity contribution in [1.29, 1.82) is 0 Å². The number of ether oxygens (including phenoxy) is 2. The maximum Gasteiger partial charge on any atom is 0.414 e. The van der Waals surface area contributed by atoms with Crippen LogP contribution < -0.4 is 4.90 Å². The fourth-order valence-corrected chi connectivity index (χ4v) is 2.40. The first kappa shape index (κ1) is 15.4. The van der Waals surface area contributed by atoms with Crippen LogP contribution in [0.4, 0.5) is 10.5 Å². The molecule has 0 aromatic heterocycles. The van der Waals surface area contributed by atoms with E-state index < -0.39 is 17.7 Å². The van der Waals surface area contributed by atoms with Crippen molar-refractivity contribution in [2.24, 2.45) is 0 Å². The lowest BCUT2D eigenvalue weighted by atomic mass is 10.0. The molecule has 1 aromatic rings. The minimum absolute atomic E-state index is 0.208. The molecule has 0 aliphatic carbocycles. The zero-order valence-electron chi connectivity index (χ0n) is 13.1. The highest BCUT2D eigenvalue weighted by Crippen LogP contribution is 2.37. The number of anilines is 1. The number of fused-ring (bicyclic) bond motifs is 1. The molecule has 114 valence electrons. The smallest absolute Gasteiger partial charge is 0.414 e. The van der Waals surface area contributed by atoms with Gasteiger partial charge in [0.05, 0.1) is 18.4 Å². The van der Waals surface area contributed by atoms with Gasteiger partial charge in [-0.15, -0.1) is 0 Å². The van der Waals surface area contributed by atoms with Crippen LogP contribution in [0.2, 0.25) is 0 Å². The van der Waals surface area contributed by atoms with E-state index in [1.807, 2.05) is 33.8 Å². The number of amides is 1. The summed E-state index contributed by atoms with van der Waals surface area (Å²) in [6, 6.07) is 5.28. The molecule has 2 rings (SSSR count). The first-order valence-corrected chi connectivity index (χ1v) is 6.95. The van der Waals surface area contributed by atoms with E-state index in [9.17, 15) is 9.59 Å². The summed E-state index contributed by atoms with van der Waals surface area (Å²) < 4.78 is 10.1. The van der Waals surface area contributed by atoms with Gasteiger partial charge in [-0.3, -0.25) is 4.90 Å². The third-order valence-corrected chi connectivity index (χ3v) is 3.34. The number of benzene rings is 1. The van der Waals surface area contributed by atoms with Gasteiger partial charge in [0.2, 0.25) is 0 Å². The maximum atomic E-state index is 12.3. The van der Waals surface area contributed by atoms with E-state index in [1.165, 1.54) is 7.11 Å². The maximum absolute atomic E-state index is 12.3. The predicted octanol–water partition coefficient (Wildman–Crippen LogP) is 3.33. The molecule has 0 saturated heterocycles. The number of esters is 1. The molecule has 1 unspecified atom stereocenters. The number of carbonyl (C=O) groups is 2. The predicted molar refractivity (Wildman–Crippen MR) is 79.8 cm³/mol. The largest absolute Gasteiger partial charge is 0.465 e. The second kappa shape index (κ2) is 5.39. The number of hydrogen-bond acceptors (Lipinski definition) is 4. The monoisotopic (exact) mass is 291 g/mol. The average molecular weight is 291 g/mol. The van der Waals surface area contributed by atoms with E-state index in [4.69, 9.17) is 9.47 Å². The molecule has 0 N–H and O–H groups in total. The summed E-state index contributed by atoms with van der Waals surface area (Å²) in [7, 11) is 1.34. The summed E-state index contributed by atoms with van der Waals surface area (Å²) >= 11 is 0. The van der Waals surface area contributed by atoms with Crippen LogP contribution in [0.1, 0.15) is 49.5 Å². The van der Waals surface area contributed by atoms with Crippen LogP contribution in [0.15, 0.2) is 18.2 Å². The van der Waals surface area contributed by atoms with Crippen molar-refractivity contribution in [3.8, 4) is 0 Å². The summed E-state index contributed by atoms with van der Waals surface area (Å²) in [6.07, 6.45) is -0.393. The minimum Gasteiger partial charge on any atom is -0.465 e. The normalized spacial score (nSPS) is 17.4. The lowest BCUT2D eigenvalue weighted by Crippen LogP contribution is -2.36. The molecule has 21 heavy (non-hydrogen) atoms. The summed E-state index contributed by atoms with van der Waals surface area (Å²) in [4.78, 5) is 25.5. The molecule has 1 amide bonds. The first-order valence-electron chi connectivity index (χ1n) is 6.95. The first-order chi connectivity index (χ1) is 9.73. The molecule has 1 aliphatic heterocycles. The van der Waals surface area contributed by atoms with E-state index in [2.05, 4.69) is 0 Å². The van der Waals surface area contributed by atoms with Crippen LogP contribution in [0.3, 0.4) is 0 Å². The molecule has 0 saturated carbocycles. The van der Waals surface area contributed by atoms with Crippen LogP contribution >= 0.6 is 0 Å². The number of carbonyl (C=O) groups excluding carboxylic acids is 2. The van der Waals surface area contributed by atoms with Gasteiger partial charge in [-0.2, -0.15) is 0 Å². The van der Waals surface area contributed by atoms with E-state index >= 15 is 0 Å². The van der Waals surface area contributed by atoms with Crippen molar-refractivity contribution in [3.05, 3.63) is 29.3 Å². The zero-order chi connectivity index (χ0) is 15.8. The van der Waals surface area contributed by atoms with Crippen molar-refractivity contribution in [2.75, 3.05) is 18.6 Å². The lowest BCUT2D eigenvalue weighted by molar-refractivity contribution is 0.0575. The van der Waals surface area contributed by atoms with Gasteiger partial charge in [0.1, 0.15) is 5.60 Å². The Hall–Kier alpha value is -2.04. The second-order valence-electron chi connectivity index (χ2n) is 6.26. The Morgan fingerprint density at radius 2 is 1.95 bits per heavy atom. The molecule has 1 aromatic carbocycles. The molecule has 1 atom stereocenters. The summed E-state index contributed by atoms with van der Waals surface area (Å²) in [5, 5.41) is 0. The number of nitrogens with zero attached hydrogens (tertiary/aromatic N) is 1. The molecule has 0 fully saturated rings. The molecule has 1 heterocycles. The van der Waals surface area contributed by atoms with Gasteiger partial charge in [0, 0.05) is 12.5 Å². The topological polar surface area (TPSA) is 55.8 Å². The third kappa shape index (κ3) is 3.17. The van der Waals surface area contributed by atoms with Crippen LogP contribution in [0.25, 0.3) is 0 Å². The highest BCUT2D eigenvalue weighted by molar-refractivity contribution is 5.95. The number of methoxy groups -OCH3 is 1. The molecule has 1 aliphatic rings. The van der Waals surface area contributed by atoms with Gasteiger partial charge in [0.15, 0.2) is 0 Å². The molecule has 0 radical (unpaired) electrons. The van der Waals surface area contributed by atoms with Gasteiger partial charge < -0.3 is 9.47 Å². The molecule has 5 heteroatoms. The highest BCUT2D eigenvalue weighted by Gasteiger charge is 2.33. The SMILES string of the molecule is COC(=O)c1ccc2c(c1)N(C(=O)OC(C)(C)C)CC2C. The Morgan fingerprint density at radius 1 is 1.29 bits per heavy atom. The molecular weight excluding hydrogens is 270 g/mol. The number of hydrogen-bond donors (Lipinski definition) is 0. The molecular formula is C16H21NO4. The summed E-state index contributed by atoms with van der Waals surface area (Å²) in [5.74, 6) is -0.208. The van der Waals surface area contributed by atoms with Crippen LogP contribution in [0.5, 0.6) is 0 Å². The molecule has 0 spiro atoms. The van der Waals surface area contributed by atoms with Crippen molar-refractivity contribution >= 4 is 17.7 Å². The van der Waals surface area contributed by atoms with Crippen LogP contribution in [-0.2, 0) is 9.47 Å². The Kier molecular flexibility index (Phi) is 3.94. The Balaban J connectivity index is 2.34. The fraction of sp³-hybridized carbons (Fsp3) is 0.500. The van der Waals surface area contributed by atoms with Crippen LogP contribution in [0, 0.1) is 0 Å². The van der Waals surface area contributed by atoms with Crippen molar-refractivity contribution in [3.63, 3.8) is 0 Å².